The minimum Gasteiger partial charge on any atom is -0.296 e. The third kappa shape index (κ3) is 7.80. The summed E-state index contributed by atoms with van der Waals surface area (Å²) in [6.45, 7) is 14.2. The Bertz CT molecular complexity index is 164. The van der Waals surface area contributed by atoms with Crippen LogP contribution < -0.4 is 5.48 Å². The van der Waals surface area contributed by atoms with E-state index in [2.05, 4.69) is 47.0 Å². The minimum atomic E-state index is -0.0366. The summed E-state index contributed by atoms with van der Waals surface area (Å²) in [5, 5.41) is 0. The fraction of sp³-hybridized carbons (Fsp3) is 1.00. The maximum atomic E-state index is 5.66. The Morgan fingerprint density at radius 3 is 2.07 bits per heavy atom. The van der Waals surface area contributed by atoms with E-state index in [9.17, 15) is 0 Å². The Labute approximate surface area is 95.7 Å². The SMILES string of the molecule is CCCC(C)(C)ONCCC(C)(C)CC. The molecule has 0 rings (SSSR count). The van der Waals surface area contributed by atoms with Gasteiger partial charge in [0.2, 0.25) is 0 Å². The molecule has 0 spiro atoms. The van der Waals surface area contributed by atoms with Gasteiger partial charge in [-0.25, -0.2) is 5.48 Å². The molecule has 2 heteroatoms. The molecular formula is C13H29NO. The molecular weight excluding hydrogens is 186 g/mol. The normalized spacial score (nSPS) is 13.2. The average molecular weight is 215 g/mol. The summed E-state index contributed by atoms with van der Waals surface area (Å²) in [4.78, 5) is 5.66. The third-order valence-corrected chi connectivity index (χ3v) is 3.06. The highest BCUT2D eigenvalue weighted by molar-refractivity contribution is 4.68. The van der Waals surface area contributed by atoms with Crippen LogP contribution in [0.4, 0.5) is 0 Å². The van der Waals surface area contributed by atoms with Crippen LogP contribution >= 0.6 is 0 Å². The van der Waals surface area contributed by atoms with E-state index in [0.29, 0.717) is 5.41 Å². The Balaban J connectivity index is 3.62. The Kier molecular flexibility index (Phi) is 6.46. The first-order valence-corrected chi connectivity index (χ1v) is 6.24. The second kappa shape index (κ2) is 6.49. The van der Waals surface area contributed by atoms with Crippen molar-refractivity contribution in [2.45, 2.75) is 72.8 Å². The van der Waals surface area contributed by atoms with Crippen molar-refractivity contribution in [3.63, 3.8) is 0 Å². The molecule has 0 aromatic carbocycles. The van der Waals surface area contributed by atoms with Crippen LogP contribution in [0, 0.1) is 5.41 Å². The number of hydroxylamine groups is 1. The standard InChI is InChI=1S/C13H29NO/c1-7-9-13(5,6)15-14-11-10-12(3,4)8-2/h14H,7-11H2,1-6H3. The molecule has 0 radical (unpaired) electrons. The van der Waals surface area contributed by atoms with Crippen LogP contribution in [-0.4, -0.2) is 12.1 Å². The molecule has 0 aliphatic rings. The van der Waals surface area contributed by atoms with Crippen molar-refractivity contribution in [1.29, 1.82) is 0 Å². The highest BCUT2D eigenvalue weighted by atomic mass is 16.7. The highest BCUT2D eigenvalue weighted by Crippen LogP contribution is 2.23. The quantitative estimate of drug-likeness (QED) is 0.489. The second-order valence-corrected chi connectivity index (χ2v) is 5.77. The maximum absolute atomic E-state index is 5.66. The van der Waals surface area contributed by atoms with Crippen molar-refractivity contribution < 1.29 is 4.84 Å². The maximum Gasteiger partial charge on any atom is 0.0840 e. The van der Waals surface area contributed by atoms with Gasteiger partial charge in [-0.05, 0) is 32.1 Å². The monoisotopic (exact) mass is 215 g/mol. The molecule has 0 aromatic heterocycles. The summed E-state index contributed by atoms with van der Waals surface area (Å²) in [7, 11) is 0. The predicted octanol–water partition coefficient (Wildman–Crippen LogP) is 3.91. The van der Waals surface area contributed by atoms with Gasteiger partial charge in [-0.1, -0.05) is 40.5 Å². The molecule has 0 heterocycles. The average Bonchev–Trinajstić information content (AvgIpc) is 2.13. The summed E-state index contributed by atoms with van der Waals surface area (Å²) < 4.78 is 0. The van der Waals surface area contributed by atoms with Crippen molar-refractivity contribution in [1.82, 2.24) is 5.48 Å². The fourth-order valence-corrected chi connectivity index (χ4v) is 1.47. The van der Waals surface area contributed by atoms with Crippen molar-refractivity contribution >= 4 is 0 Å². The molecule has 0 unspecified atom stereocenters. The Hall–Kier alpha value is -0.0800. The van der Waals surface area contributed by atoms with Crippen molar-refractivity contribution in [3.05, 3.63) is 0 Å². The lowest BCUT2D eigenvalue weighted by Crippen LogP contribution is -2.33. The van der Waals surface area contributed by atoms with E-state index in [0.717, 1.165) is 25.8 Å². The van der Waals surface area contributed by atoms with Crippen molar-refractivity contribution in [3.8, 4) is 0 Å². The second-order valence-electron chi connectivity index (χ2n) is 5.77. The van der Waals surface area contributed by atoms with Gasteiger partial charge in [0, 0.05) is 6.54 Å². The fourth-order valence-electron chi connectivity index (χ4n) is 1.47. The van der Waals surface area contributed by atoms with E-state index in [1.807, 2.05) is 0 Å². The molecule has 2 nitrogen and oxygen atoms in total. The lowest BCUT2D eigenvalue weighted by Gasteiger charge is -2.27. The van der Waals surface area contributed by atoms with Gasteiger partial charge in [0.15, 0.2) is 0 Å². The lowest BCUT2D eigenvalue weighted by molar-refractivity contribution is -0.0910. The molecule has 15 heavy (non-hydrogen) atoms. The summed E-state index contributed by atoms with van der Waals surface area (Å²) in [6.07, 6.45) is 4.63. The van der Waals surface area contributed by atoms with Gasteiger partial charge >= 0.3 is 0 Å². The van der Waals surface area contributed by atoms with Gasteiger partial charge in [-0.15, -0.1) is 0 Å². The van der Waals surface area contributed by atoms with E-state index in [4.69, 9.17) is 4.84 Å². The van der Waals surface area contributed by atoms with Gasteiger partial charge in [0.25, 0.3) is 0 Å². The van der Waals surface area contributed by atoms with E-state index < -0.39 is 0 Å². The smallest absolute Gasteiger partial charge is 0.0840 e. The van der Waals surface area contributed by atoms with E-state index >= 15 is 0 Å². The van der Waals surface area contributed by atoms with E-state index in [-0.39, 0.29) is 5.60 Å². The Morgan fingerprint density at radius 1 is 1.00 bits per heavy atom. The Morgan fingerprint density at radius 2 is 1.60 bits per heavy atom. The topological polar surface area (TPSA) is 21.3 Å². The third-order valence-electron chi connectivity index (χ3n) is 3.06. The minimum absolute atomic E-state index is 0.0366. The zero-order valence-corrected chi connectivity index (χ0v) is 11.4. The van der Waals surface area contributed by atoms with Crippen LogP contribution in [0.25, 0.3) is 0 Å². The van der Waals surface area contributed by atoms with Crippen LogP contribution in [0.1, 0.15) is 67.2 Å². The molecule has 0 bridgehead atoms. The van der Waals surface area contributed by atoms with Gasteiger partial charge in [0.05, 0.1) is 5.60 Å². The number of rotatable bonds is 8. The van der Waals surface area contributed by atoms with Gasteiger partial charge in [-0.3, -0.25) is 4.84 Å². The first kappa shape index (κ1) is 14.9. The summed E-state index contributed by atoms with van der Waals surface area (Å²) >= 11 is 0. The van der Waals surface area contributed by atoms with Crippen LogP contribution in [0.3, 0.4) is 0 Å². The summed E-state index contributed by atoms with van der Waals surface area (Å²) in [5.41, 5.74) is 3.49. The first-order valence-electron chi connectivity index (χ1n) is 6.24. The molecule has 92 valence electrons. The largest absolute Gasteiger partial charge is 0.296 e. The van der Waals surface area contributed by atoms with Crippen LogP contribution in [0.5, 0.6) is 0 Å². The van der Waals surface area contributed by atoms with Crippen LogP contribution in [0.2, 0.25) is 0 Å². The number of hydrogen-bond acceptors (Lipinski definition) is 2. The van der Waals surface area contributed by atoms with Crippen LogP contribution in [0.15, 0.2) is 0 Å². The zero-order chi connectivity index (χ0) is 11.9. The van der Waals surface area contributed by atoms with E-state index in [1.165, 1.54) is 6.42 Å². The van der Waals surface area contributed by atoms with Gasteiger partial charge in [0.1, 0.15) is 0 Å². The summed E-state index contributed by atoms with van der Waals surface area (Å²) in [6, 6.07) is 0. The first-order chi connectivity index (χ1) is 6.83. The molecule has 0 amide bonds. The van der Waals surface area contributed by atoms with Crippen LogP contribution in [-0.2, 0) is 4.84 Å². The number of hydrogen-bond donors (Lipinski definition) is 1. The molecule has 0 aromatic rings. The van der Waals surface area contributed by atoms with Gasteiger partial charge < -0.3 is 0 Å². The predicted molar refractivity (Wildman–Crippen MR) is 66.8 cm³/mol. The molecule has 1 N–H and O–H groups in total. The van der Waals surface area contributed by atoms with Gasteiger partial charge in [-0.2, -0.15) is 0 Å². The summed E-state index contributed by atoms with van der Waals surface area (Å²) in [5.74, 6) is 0. The molecule has 0 saturated carbocycles. The van der Waals surface area contributed by atoms with E-state index in [1.54, 1.807) is 0 Å². The zero-order valence-electron chi connectivity index (χ0n) is 11.4. The molecule has 0 aliphatic carbocycles. The molecule has 0 saturated heterocycles. The number of nitrogens with one attached hydrogen (secondary N) is 1. The van der Waals surface area contributed by atoms with Crippen molar-refractivity contribution in [2.75, 3.05) is 6.54 Å². The molecule has 0 aliphatic heterocycles. The lowest BCUT2D eigenvalue weighted by atomic mass is 9.87. The molecule has 0 atom stereocenters. The molecule has 0 fully saturated rings. The highest BCUT2D eigenvalue weighted by Gasteiger charge is 2.18. The van der Waals surface area contributed by atoms with Crippen molar-refractivity contribution in [2.24, 2.45) is 5.41 Å².